The van der Waals surface area contributed by atoms with E-state index in [2.05, 4.69) is 0 Å². The fourth-order valence-electron chi connectivity index (χ4n) is 1.74. The van der Waals surface area contributed by atoms with E-state index in [1.165, 1.54) is 17.8 Å². The molecule has 2 rings (SSSR count). The fourth-order valence-corrected chi connectivity index (χ4v) is 2.98. The van der Waals surface area contributed by atoms with E-state index < -0.39 is 10.9 Å². The second kappa shape index (κ2) is 6.15. The van der Waals surface area contributed by atoms with Crippen molar-refractivity contribution in [2.24, 2.45) is 0 Å². The van der Waals surface area contributed by atoms with E-state index in [0.29, 0.717) is 20.4 Å². The van der Waals surface area contributed by atoms with Crippen molar-refractivity contribution in [1.29, 1.82) is 0 Å². The van der Waals surface area contributed by atoms with Crippen molar-refractivity contribution in [3.8, 4) is 0 Å². The maximum Gasteiger partial charge on any atom is 0.335 e. The van der Waals surface area contributed by atoms with Gasteiger partial charge >= 0.3 is 5.97 Å². The van der Waals surface area contributed by atoms with Crippen LogP contribution in [-0.2, 0) is 0 Å². The van der Waals surface area contributed by atoms with Gasteiger partial charge in [-0.1, -0.05) is 35.5 Å². The normalized spacial score (nSPS) is 10.4. The molecule has 0 heterocycles. The van der Waals surface area contributed by atoms with E-state index in [4.69, 9.17) is 16.7 Å². The summed E-state index contributed by atoms with van der Waals surface area (Å²) in [6.45, 7) is 1.59. The first-order valence-corrected chi connectivity index (χ1v) is 7.04. The third-order valence-corrected chi connectivity index (χ3v) is 4.49. The highest BCUT2D eigenvalue weighted by Crippen LogP contribution is 2.38. The predicted octanol–water partition coefficient (Wildman–Crippen LogP) is 4.41. The van der Waals surface area contributed by atoms with Gasteiger partial charge in [0.2, 0.25) is 0 Å². The molecule has 21 heavy (non-hydrogen) atoms. The smallest absolute Gasteiger partial charge is 0.335 e. The maximum absolute atomic E-state index is 11.1. The summed E-state index contributed by atoms with van der Waals surface area (Å²) in [6.07, 6.45) is 0. The second-order valence-corrected chi connectivity index (χ2v) is 5.70. The Morgan fingerprint density at radius 1 is 1.29 bits per heavy atom. The monoisotopic (exact) mass is 323 g/mol. The van der Waals surface area contributed by atoms with Gasteiger partial charge in [-0.2, -0.15) is 0 Å². The average Bonchev–Trinajstić information content (AvgIpc) is 2.42. The molecule has 2 aromatic carbocycles. The number of carboxylic acids is 1. The van der Waals surface area contributed by atoms with Crippen LogP contribution in [0.25, 0.3) is 0 Å². The molecule has 0 aliphatic rings. The number of hydrogen-bond acceptors (Lipinski definition) is 4. The third kappa shape index (κ3) is 3.34. The van der Waals surface area contributed by atoms with Gasteiger partial charge in [0.15, 0.2) is 0 Å². The zero-order valence-corrected chi connectivity index (χ0v) is 12.4. The molecular formula is C14H10ClNO4S. The molecule has 0 saturated carbocycles. The number of carbonyl (C=O) groups is 1. The predicted molar refractivity (Wildman–Crippen MR) is 80.4 cm³/mol. The average molecular weight is 324 g/mol. The van der Waals surface area contributed by atoms with Crippen molar-refractivity contribution in [2.45, 2.75) is 16.7 Å². The molecule has 0 radical (unpaired) electrons. The Morgan fingerprint density at radius 3 is 2.52 bits per heavy atom. The lowest BCUT2D eigenvalue weighted by Gasteiger charge is -2.09. The van der Waals surface area contributed by atoms with Gasteiger partial charge in [0, 0.05) is 21.4 Å². The summed E-state index contributed by atoms with van der Waals surface area (Å²) in [5, 5.41) is 20.6. The van der Waals surface area contributed by atoms with Crippen LogP contribution < -0.4 is 0 Å². The van der Waals surface area contributed by atoms with Gasteiger partial charge in [0.05, 0.1) is 15.5 Å². The molecule has 0 atom stereocenters. The largest absolute Gasteiger partial charge is 0.478 e. The van der Waals surface area contributed by atoms with Gasteiger partial charge < -0.3 is 5.11 Å². The second-order valence-electron chi connectivity index (χ2n) is 4.21. The minimum atomic E-state index is -1.21. The lowest BCUT2D eigenvalue weighted by Crippen LogP contribution is -2.01. The number of nitro benzene ring substituents is 1. The zero-order valence-electron chi connectivity index (χ0n) is 10.9. The summed E-state index contributed by atoms with van der Waals surface area (Å²) in [6, 6.07) is 9.52. The molecule has 0 bridgehead atoms. The Morgan fingerprint density at radius 2 is 1.95 bits per heavy atom. The highest BCUT2D eigenvalue weighted by atomic mass is 35.5. The van der Waals surface area contributed by atoms with Crippen LogP contribution in [0.5, 0.6) is 0 Å². The highest BCUT2D eigenvalue weighted by molar-refractivity contribution is 7.99. The molecule has 0 unspecified atom stereocenters. The number of benzene rings is 2. The van der Waals surface area contributed by atoms with E-state index >= 15 is 0 Å². The minimum Gasteiger partial charge on any atom is -0.478 e. The summed E-state index contributed by atoms with van der Waals surface area (Å²) in [4.78, 5) is 22.8. The number of nitro groups is 1. The topological polar surface area (TPSA) is 80.4 Å². The third-order valence-electron chi connectivity index (χ3n) is 2.83. The number of nitrogens with zero attached hydrogens (tertiary/aromatic N) is 1. The van der Waals surface area contributed by atoms with Crippen molar-refractivity contribution in [1.82, 2.24) is 0 Å². The molecule has 2 aromatic rings. The van der Waals surface area contributed by atoms with Crippen molar-refractivity contribution in [3.05, 3.63) is 62.7 Å². The Balaban J connectivity index is 2.55. The van der Waals surface area contributed by atoms with Crippen LogP contribution in [0.15, 0.2) is 46.2 Å². The molecule has 0 aliphatic heterocycles. The van der Waals surface area contributed by atoms with Crippen molar-refractivity contribution in [3.63, 3.8) is 0 Å². The fraction of sp³-hybridized carbons (Fsp3) is 0.0714. The van der Waals surface area contributed by atoms with Crippen LogP contribution >= 0.6 is 23.4 Å². The van der Waals surface area contributed by atoms with Crippen LogP contribution in [0.1, 0.15) is 15.9 Å². The number of hydrogen-bond donors (Lipinski definition) is 1. The van der Waals surface area contributed by atoms with Crippen molar-refractivity contribution >= 4 is 35.0 Å². The molecule has 7 heteroatoms. The Labute approximate surface area is 129 Å². The Bertz CT molecular complexity index is 733. The molecule has 0 saturated heterocycles. The van der Waals surface area contributed by atoms with E-state index in [1.54, 1.807) is 31.2 Å². The standard InChI is InChI=1S/C14H10ClNO4S/c1-8-11(16(19)20)6-9(14(17)18)7-13(8)21-12-5-3-2-4-10(12)15/h2-7H,1H3,(H,17,18). The van der Waals surface area contributed by atoms with E-state index in [-0.39, 0.29) is 11.3 Å². The summed E-state index contributed by atoms with van der Waals surface area (Å²) in [5.74, 6) is -1.21. The minimum absolute atomic E-state index is 0.123. The molecular weight excluding hydrogens is 314 g/mol. The number of halogens is 1. The summed E-state index contributed by atoms with van der Waals surface area (Å²) in [7, 11) is 0. The summed E-state index contributed by atoms with van der Waals surface area (Å²) in [5.41, 5.74) is 0.0706. The quantitative estimate of drug-likeness (QED) is 0.666. The van der Waals surface area contributed by atoms with Crippen LogP contribution in [0.2, 0.25) is 5.02 Å². The molecule has 1 N–H and O–H groups in total. The maximum atomic E-state index is 11.1. The van der Waals surface area contributed by atoms with Gasteiger partial charge in [0.1, 0.15) is 0 Å². The molecule has 0 aromatic heterocycles. The molecule has 108 valence electrons. The van der Waals surface area contributed by atoms with E-state index in [1.807, 2.05) is 0 Å². The van der Waals surface area contributed by atoms with Gasteiger partial charge in [-0.3, -0.25) is 10.1 Å². The molecule has 0 amide bonds. The molecule has 0 fully saturated rings. The van der Waals surface area contributed by atoms with Crippen LogP contribution in [0.4, 0.5) is 5.69 Å². The first kappa shape index (κ1) is 15.3. The summed E-state index contributed by atoms with van der Waals surface area (Å²) >= 11 is 7.26. The first-order valence-electron chi connectivity index (χ1n) is 5.85. The van der Waals surface area contributed by atoms with E-state index in [9.17, 15) is 14.9 Å². The van der Waals surface area contributed by atoms with Crippen LogP contribution in [0, 0.1) is 17.0 Å². The number of rotatable bonds is 4. The zero-order chi connectivity index (χ0) is 15.6. The van der Waals surface area contributed by atoms with Gasteiger partial charge in [-0.05, 0) is 25.1 Å². The molecule has 0 spiro atoms. The lowest BCUT2D eigenvalue weighted by atomic mass is 10.1. The molecule has 5 nitrogen and oxygen atoms in total. The van der Waals surface area contributed by atoms with Crippen molar-refractivity contribution < 1.29 is 14.8 Å². The van der Waals surface area contributed by atoms with Gasteiger partial charge in [-0.25, -0.2) is 4.79 Å². The van der Waals surface area contributed by atoms with Gasteiger partial charge in [0.25, 0.3) is 5.69 Å². The van der Waals surface area contributed by atoms with Crippen LogP contribution in [-0.4, -0.2) is 16.0 Å². The SMILES string of the molecule is Cc1c(Sc2ccccc2Cl)cc(C(=O)O)cc1[N+](=O)[O-]. The Hall–Kier alpha value is -2.05. The highest BCUT2D eigenvalue weighted by Gasteiger charge is 2.20. The van der Waals surface area contributed by atoms with E-state index in [0.717, 1.165) is 6.07 Å². The number of carboxylic acid groups (broad SMARTS) is 1. The lowest BCUT2D eigenvalue weighted by molar-refractivity contribution is -0.385. The first-order chi connectivity index (χ1) is 9.90. The van der Waals surface area contributed by atoms with Crippen LogP contribution in [0.3, 0.4) is 0 Å². The van der Waals surface area contributed by atoms with Crippen molar-refractivity contribution in [2.75, 3.05) is 0 Å². The summed E-state index contributed by atoms with van der Waals surface area (Å²) < 4.78 is 0. The Kier molecular flexibility index (Phi) is 4.50. The van der Waals surface area contributed by atoms with Gasteiger partial charge in [-0.15, -0.1) is 0 Å². The number of aromatic carboxylic acids is 1. The molecule has 0 aliphatic carbocycles.